The van der Waals surface area contributed by atoms with Gasteiger partial charge in [0.2, 0.25) is 5.88 Å². The van der Waals surface area contributed by atoms with Gasteiger partial charge in [0.1, 0.15) is 18.5 Å². The molecule has 31 heavy (non-hydrogen) atoms. The Morgan fingerprint density at radius 2 is 1.77 bits per heavy atom. The Bertz CT molecular complexity index is 1050. The number of aromatic nitrogens is 1. The zero-order valence-corrected chi connectivity index (χ0v) is 17.8. The van der Waals surface area contributed by atoms with Crippen molar-refractivity contribution in [3.8, 4) is 11.6 Å². The number of rotatable bonds is 6. The number of thiazole rings is 1. The summed E-state index contributed by atoms with van der Waals surface area (Å²) in [5.74, 6) is 0.699. The largest absolute Gasteiger partial charge is 0.494 e. The fourth-order valence-electron chi connectivity index (χ4n) is 3.50. The average Bonchev–Trinajstić information content (AvgIpc) is 3.11. The first kappa shape index (κ1) is 21.0. The van der Waals surface area contributed by atoms with Crippen molar-refractivity contribution in [1.82, 2.24) is 9.88 Å². The minimum atomic E-state index is -0.290. The zero-order chi connectivity index (χ0) is 21.6. The summed E-state index contributed by atoms with van der Waals surface area (Å²) in [5, 5.41) is 9.71. The van der Waals surface area contributed by atoms with Crippen LogP contribution in [0.5, 0.6) is 11.6 Å². The van der Waals surface area contributed by atoms with Gasteiger partial charge in [0.25, 0.3) is 0 Å². The van der Waals surface area contributed by atoms with Crippen molar-refractivity contribution >= 4 is 17.4 Å². The Morgan fingerprint density at radius 3 is 2.42 bits per heavy atom. The van der Waals surface area contributed by atoms with Gasteiger partial charge in [-0.1, -0.05) is 53.8 Å². The molecule has 8 heteroatoms. The average molecular weight is 441 g/mol. The van der Waals surface area contributed by atoms with Crippen molar-refractivity contribution in [2.75, 3.05) is 13.1 Å². The molecule has 2 N–H and O–H groups in total. The molecule has 4 rings (SSSR count). The number of carbonyl (C=O) groups excluding carboxylic acids is 1. The Labute approximate surface area is 183 Å². The van der Waals surface area contributed by atoms with Crippen molar-refractivity contribution in [2.45, 2.75) is 32.0 Å². The molecule has 3 aromatic rings. The lowest BCUT2D eigenvalue weighted by atomic mass is 10.1. The number of carbonyl (C=O) groups is 1. The monoisotopic (exact) mass is 440 g/mol. The fraction of sp³-hybridized carbons (Fsp3) is 0.304. The van der Waals surface area contributed by atoms with Gasteiger partial charge in [-0.2, -0.15) is 0 Å². The Balaban J connectivity index is 1.22. The third-order valence-electron chi connectivity index (χ3n) is 5.20. The molecule has 1 amide bonds. The third kappa shape index (κ3) is 5.67. The topological polar surface area (TPSA) is 91.9 Å². The van der Waals surface area contributed by atoms with E-state index in [1.807, 2.05) is 54.6 Å². The minimum Gasteiger partial charge on any atom is -0.494 e. The number of benzene rings is 2. The molecule has 1 fully saturated rings. The van der Waals surface area contributed by atoms with Crippen LogP contribution in [0.3, 0.4) is 0 Å². The second-order valence-corrected chi connectivity index (χ2v) is 8.52. The third-order valence-corrected chi connectivity index (χ3v) is 6.07. The van der Waals surface area contributed by atoms with Gasteiger partial charge in [-0.05, 0) is 23.3 Å². The Morgan fingerprint density at radius 1 is 1.06 bits per heavy atom. The van der Waals surface area contributed by atoms with Crippen molar-refractivity contribution in [3.63, 3.8) is 0 Å². The van der Waals surface area contributed by atoms with E-state index in [2.05, 4.69) is 4.98 Å². The number of aromatic hydroxyl groups is 1. The van der Waals surface area contributed by atoms with Gasteiger partial charge >= 0.3 is 11.0 Å². The van der Waals surface area contributed by atoms with E-state index >= 15 is 0 Å². The van der Waals surface area contributed by atoms with Crippen molar-refractivity contribution in [2.24, 2.45) is 0 Å². The quantitative estimate of drug-likeness (QED) is 0.606. The van der Waals surface area contributed by atoms with E-state index < -0.39 is 0 Å². The summed E-state index contributed by atoms with van der Waals surface area (Å²) in [7, 11) is 0. The smallest absolute Gasteiger partial charge is 0.410 e. The zero-order valence-electron chi connectivity index (χ0n) is 17.0. The summed E-state index contributed by atoms with van der Waals surface area (Å²) in [6.45, 7) is 1.48. The van der Waals surface area contributed by atoms with Crippen molar-refractivity contribution < 1.29 is 19.4 Å². The van der Waals surface area contributed by atoms with E-state index in [-0.39, 0.29) is 29.6 Å². The van der Waals surface area contributed by atoms with Crippen LogP contribution < -0.4 is 9.61 Å². The molecule has 2 aromatic carbocycles. The second kappa shape index (κ2) is 9.70. The molecular formula is C23H24N2O5S. The van der Waals surface area contributed by atoms with E-state index in [1.54, 1.807) is 4.90 Å². The number of ether oxygens (including phenoxy) is 2. The minimum absolute atomic E-state index is 0.0444. The van der Waals surface area contributed by atoms with E-state index in [0.717, 1.165) is 41.1 Å². The van der Waals surface area contributed by atoms with Gasteiger partial charge in [0.05, 0.1) is 4.88 Å². The predicted octanol–water partition coefficient (Wildman–Crippen LogP) is 3.91. The van der Waals surface area contributed by atoms with Crippen LogP contribution in [-0.4, -0.2) is 40.3 Å². The second-order valence-electron chi connectivity index (χ2n) is 7.45. The molecule has 1 aliphatic rings. The molecule has 1 aromatic heterocycles. The number of nitrogens with one attached hydrogen (secondary N) is 1. The molecule has 0 aliphatic carbocycles. The summed E-state index contributed by atoms with van der Waals surface area (Å²) in [6.07, 6.45) is 1.73. The van der Waals surface area contributed by atoms with Crippen molar-refractivity contribution in [1.29, 1.82) is 0 Å². The molecule has 0 spiro atoms. The Kier molecular flexibility index (Phi) is 6.57. The standard InChI is InChI=1S/C23H24N2O5S/c26-21-20(31-22(27)24-21)14-16-6-8-18(9-7-16)30-19-10-12-25(13-11-19)23(28)29-15-17-4-2-1-3-5-17/h1-9,19,26H,10-15H2,(H,24,27). The number of hydrogen-bond donors (Lipinski definition) is 2. The maximum atomic E-state index is 12.3. The van der Waals surface area contributed by atoms with Crippen molar-refractivity contribution in [3.05, 3.63) is 80.3 Å². The van der Waals surface area contributed by atoms with Crippen LogP contribution in [0, 0.1) is 0 Å². The number of amides is 1. The van der Waals surface area contributed by atoms with Crippen LogP contribution >= 0.6 is 11.3 Å². The van der Waals surface area contributed by atoms with Crippen LogP contribution in [0.4, 0.5) is 4.79 Å². The molecule has 2 heterocycles. The van der Waals surface area contributed by atoms with Gasteiger partial charge in [-0.15, -0.1) is 0 Å². The highest BCUT2D eigenvalue weighted by atomic mass is 32.1. The van der Waals surface area contributed by atoms with Gasteiger partial charge in [0.15, 0.2) is 0 Å². The number of H-pyrrole nitrogens is 1. The molecule has 1 aliphatic heterocycles. The molecule has 0 saturated carbocycles. The molecule has 162 valence electrons. The fourth-order valence-corrected chi connectivity index (χ4v) is 4.26. The number of likely N-dealkylation sites (tertiary alicyclic amines) is 1. The molecule has 1 saturated heterocycles. The summed E-state index contributed by atoms with van der Waals surface area (Å²) in [5.41, 5.74) is 1.95. The van der Waals surface area contributed by atoms with Gasteiger partial charge in [-0.3, -0.25) is 9.78 Å². The summed E-state index contributed by atoms with van der Waals surface area (Å²) < 4.78 is 11.5. The summed E-state index contributed by atoms with van der Waals surface area (Å²) in [4.78, 5) is 28.0. The van der Waals surface area contributed by atoms with Gasteiger partial charge in [0, 0.05) is 32.4 Å². The number of aromatic amines is 1. The molecule has 0 bridgehead atoms. The molecule has 7 nitrogen and oxygen atoms in total. The maximum Gasteiger partial charge on any atom is 0.410 e. The SMILES string of the molecule is O=C(OCc1ccccc1)N1CCC(Oc2ccc(Cc3sc(=O)[nH]c3O)cc2)CC1. The van der Waals surface area contributed by atoms with E-state index in [0.29, 0.717) is 24.4 Å². The molecule has 0 atom stereocenters. The molecule has 0 unspecified atom stereocenters. The van der Waals surface area contributed by atoms with Crippen LogP contribution in [0.1, 0.15) is 28.8 Å². The normalized spacial score (nSPS) is 14.4. The lowest BCUT2D eigenvalue weighted by Gasteiger charge is -2.31. The highest BCUT2D eigenvalue weighted by Crippen LogP contribution is 2.24. The summed E-state index contributed by atoms with van der Waals surface area (Å²) in [6, 6.07) is 17.3. The first-order valence-electron chi connectivity index (χ1n) is 10.2. The number of piperidine rings is 1. The Hall–Kier alpha value is -3.26. The lowest BCUT2D eigenvalue weighted by molar-refractivity contribution is 0.0638. The van der Waals surface area contributed by atoms with E-state index in [9.17, 15) is 14.7 Å². The highest BCUT2D eigenvalue weighted by molar-refractivity contribution is 7.09. The van der Waals surface area contributed by atoms with Crippen LogP contribution in [0.2, 0.25) is 0 Å². The number of hydrogen-bond acceptors (Lipinski definition) is 6. The number of nitrogens with zero attached hydrogens (tertiary/aromatic N) is 1. The van der Waals surface area contributed by atoms with Gasteiger partial charge < -0.3 is 19.5 Å². The van der Waals surface area contributed by atoms with Crippen LogP contribution in [0.15, 0.2) is 59.4 Å². The molecular weight excluding hydrogens is 416 g/mol. The first-order chi connectivity index (χ1) is 15.1. The predicted molar refractivity (Wildman–Crippen MR) is 118 cm³/mol. The van der Waals surface area contributed by atoms with Crippen LogP contribution in [0.25, 0.3) is 0 Å². The summed E-state index contributed by atoms with van der Waals surface area (Å²) >= 11 is 1.01. The van der Waals surface area contributed by atoms with E-state index in [4.69, 9.17) is 9.47 Å². The highest BCUT2D eigenvalue weighted by Gasteiger charge is 2.25. The van der Waals surface area contributed by atoms with Gasteiger partial charge in [-0.25, -0.2) is 4.79 Å². The van der Waals surface area contributed by atoms with E-state index in [1.165, 1.54) is 0 Å². The van der Waals surface area contributed by atoms with Crippen LogP contribution in [-0.2, 0) is 17.8 Å². The maximum absolute atomic E-state index is 12.3. The lowest BCUT2D eigenvalue weighted by Crippen LogP contribution is -2.42. The molecule has 0 radical (unpaired) electrons. The first-order valence-corrected chi connectivity index (χ1v) is 11.0.